The van der Waals surface area contributed by atoms with Crippen LogP contribution in [0.1, 0.15) is 36.0 Å². The van der Waals surface area contributed by atoms with E-state index in [1.807, 2.05) is 0 Å². The van der Waals surface area contributed by atoms with Gasteiger partial charge in [0, 0.05) is 18.7 Å². The van der Waals surface area contributed by atoms with E-state index in [1.54, 1.807) is 0 Å². The molecule has 0 amide bonds. The SMILES string of the molecule is O=C(O)c1ccnc(NCC2CCCCC2O)c1. The molecule has 1 saturated carbocycles. The second-order valence-electron chi connectivity index (χ2n) is 4.73. The molecule has 1 aromatic heterocycles. The summed E-state index contributed by atoms with van der Waals surface area (Å²) in [5, 5.41) is 21.8. The van der Waals surface area contributed by atoms with Crippen molar-refractivity contribution < 1.29 is 15.0 Å². The predicted molar refractivity (Wildman–Crippen MR) is 67.7 cm³/mol. The highest BCUT2D eigenvalue weighted by atomic mass is 16.4. The number of carboxylic acid groups (broad SMARTS) is 1. The smallest absolute Gasteiger partial charge is 0.335 e. The first-order valence-electron chi connectivity index (χ1n) is 6.28. The number of aliphatic hydroxyl groups is 1. The summed E-state index contributed by atoms with van der Waals surface area (Å²) in [4.78, 5) is 14.9. The maximum atomic E-state index is 10.8. The summed E-state index contributed by atoms with van der Waals surface area (Å²) in [5.41, 5.74) is 0.219. The van der Waals surface area contributed by atoms with Crippen LogP contribution in [0.25, 0.3) is 0 Å². The number of rotatable bonds is 4. The Hall–Kier alpha value is -1.62. The van der Waals surface area contributed by atoms with E-state index in [-0.39, 0.29) is 17.6 Å². The Balaban J connectivity index is 1.93. The minimum Gasteiger partial charge on any atom is -0.478 e. The van der Waals surface area contributed by atoms with Crippen molar-refractivity contribution in [2.75, 3.05) is 11.9 Å². The molecule has 0 bridgehead atoms. The average molecular weight is 250 g/mol. The average Bonchev–Trinajstić information content (AvgIpc) is 2.38. The summed E-state index contributed by atoms with van der Waals surface area (Å²) in [6.45, 7) is 0.636. The van der Waals surface area contributed by atoms with Crippen LogP contribution in [-0.2, 0) is 0 Å². The van der Waals surface area contributed by atoms with E-state index in [0.29, 0.717) is 12.4 Å². The van der Waals surface area contributed by atoms with E-state index in [2.05, 4.69) is 10.3 Å². The molecule has 0 saturated heterocycles. The van der Waals surface area contributed by atoms with Crippen LogP contribution >= 0.6 is 0 Å². The van der Waals surface area contributed by atoms with Gasteiger partial charge in [0.2, 0.25) is 0 Å². The number of hydrogen-bond donors (Lipinski definition) is 3. The van der Waals surface area contributed by atoms with Gasteiger partial charge in [-0.2, -0.15) is 0 Å². The largest absolute Gasteiger partial charge is 0.478 e. The highest BCUT2D eigenvalue weighted by molar-refractivity contribution is 5.88. The third-order valence-corrected chi connectivity index (χ3v) is 3.42. The van der Waals surface area contributed by atoms with Gasteiger partial charge >= 0.3 is 5.97 Å². The second-order valence-corrected chi connectivity index (χ2v) is 4.73. The summed E-state index contributed by atoms with van der Waals surface area (Å²) in [6, 6.07) is 2.97. The highest BCUT2D eigenvalue weighted by Gasteiger charge is 2.22. The number of aromatic nitrogens is 1. The quantitative estimate of drug-likeness (QED) is 0.758. The van der Waals surface area contributed by atoms with E-state index < -0.39 is 5.97 Å². The zero-order valence-corrected chi connectivity index (χ0v) is 10.2. The van der Waals surface area contributed by atoms with Crippen molar-refractivity contribution in [2.24, 2.45) is 5.92 Å². The first-order chi connectivity index (χ1) is 8.66. The molecule has 2 rings (SSSR count). The summed E-state index contributed by atoms with van der Waals surface area (Å²) >= 11 is 0. The molecule has 1 heterocycles. The molecule has 2 atom stereocenters. The Morgan fingerprint density at radius 1 is 1.44 bits per heavy atom. The molecule has 98 valence electrons. The van der Waals surface area contributed by atoms with Crippen molar-refractivity contribution >= 4 is 11.8 Å². The molecule has 0 aliphatic heterocycles. The lowest BCUT2D eigenvalue weighted by Crippen LogP contribution is -2.30. The molecule has 0 radical (unpaired) electrons. The van der Waals surface area contributed by atoms with E-state index >= 15 is 0 Å². The number of carbonyl (C=O) groups is 1. The van der Waals surface area contributed by atoms with Crippen LogP contribution in [0.15, 0.2) is 18.3 Å². The Kier molecular flexibility index (Phi) is 4.15. The third kappa shape index (κ3) is 3.20. The van der Waals surface area contributed by atoms with Gasteiger partial charge < -0.3 is 15.5 Å². The highest BCUT2D eigenvalue weighted by Crippen LogP contribution is 2.24. The zero-order chi connectivity index (χ0) is 13.0. The molecule has 1 aromatic rings. The molecule has 0 aromatic carbocycles. The van der Waals surface area contributed by atoms with E-state index in [4.69, 9.17) is 5.11 Å². The lowest BCUT2D eigenvalue weighted by Gasteiger charge is -2.27. The number of aromatic carboxylic acids is 1. The predicted octanol–water partition coefficient (Wildman–Crippen LogP) is 1.74. The van der Waals surface area contributed by atoms with Crippen LogP contribution in [0.3, 0.4) is 0 Å². The fraction of sp³-hybridized carbons (Fsp3) is 0.538. The second kappa shape index (κ2) is 5.82. The molecular formula is C13H18N2O3. The molecular weight excluding hydrogens is 232 g/mol. The lowest BCUT2D eigenvalue weighted by atomic mass is 9.86. The van der Waals surface area contributed by atoms with Crippen molar-refractivity contribution in [3.05, 3.63) is 23.9 Å². The van der Waals surface area contributed by atoms with Crippen LogP contribution in [0.5, 0.6) is 0 Å². The van der Waals surface area contributed by atoms with Crippen molar-refractivity contribution in [2.45, 2.75) is 31.8 Å². The minimum atomic E-state index is -0.960. The number of hydrogen-bond acceptors (Lipinski definition) is 4. The van der Waals surface area contributed by atoms with Gasteiger partial charge in [-0.05, 0) is 25.0 Å². The van der Waals surface area contributed by atoms with Gasteiger partial charge in [0.25, 0.3) is 0 Å². The summed E-state index contributed by atoms with van der Waals surface area (Å²) in [5.74, 6) is -0.181. The third-order valence-electron chi connectivity index (χ3n) is 3.42. The Morgan fingerprint density at radius 3 is 2.94 bits per heavy atom. The number of aliphatic hydroxyl groups excluding tert-OH is 1. The van der Waals surface area contributed by atoms with Crippen LogP contribution in [0.2, 0.25) is 0 Å². The van der Waals surface area contributed by atoms with Crippen LogP contribution in [0.4, 0.5) is 5.82 Å². The van der Waals surface area contributed by atoms with Gasteiger partial charge in [0.1, 0.15) is 5.82 Å². The topological polar surface area (TPSA) is 82.5 Å². The molecule has 1 aliphatic carbocycles. The van der Waals surface area contributed by atoms with Crippen molar-refractivity contribution in [1.29, 1.82) is 0 Å². The fourth-order valence-electron chi connectivity index (χ4n) is 2.32. The molecule has 2 unspecified atom stereocenters. The monoisotopic (exact) mass is 250 g/mol. The zero-order valence-electron chi connectivity index (χ0n) is 10.2. The maximum absolute atomic E-state index is 10.8. The van der Waals surface area contributed by atoms with Crippen molar-refractivity contribution in [3.63, 3.8) is 0 Å². The van der Waals surface area contributed by atoms with Gasteiger partial charge in [-0.15, -0.1) is 0 Å². The first kappa shape index (κ1) is 12.8. The Morgan fingerprint density at radius 2 is 2.22 bits per heavy atom. The molecule has 0 spiro atoms. The van der Waals surface area contributed by atoms with Crippen LogP contribution in [-0.4, -0.2) is 33.8 Å². The lowest BCUT2D eigenvalue weighted by molar-refractivity contribution is 0.0696. The fourth-order valence-corrected chi connectivity index (χ4v) is 2.32. The Labute approximate surface area is 106 Å². The number of anilines is 1. The summed E-state index contributed by atoms with van der Waals surface area (Å²) < 4.78 is 0. The molecule has 18 heavy (non-hydrogen) atoms. The van der Waals surface area contributed by atoms with E-state index in [1.165, 1.54) is 18.3 Å². The number of pyridine rings is 1. The number of nitrogens with one attached hydrogen (secondary N) is 1. The molecule has 3 N–H and O–H groups in total. The first-order valence-corrected chi connectivity index (χ1v) is 6.28. The normalized spacial score (nSPS) is 23.6. The number of nitrogens with zero attached hydrogens (tertiary/aromatic N) is 1. The molecule has 1 aliphatic rings. The van der Waals surface area contributed by atoms with Gasteiger partial charge in [-0.25, -0.2) is 9.78 Å². The van der Waals surface area contributed by atoms with Gasteiger partial charge in [0.15, 0.2) is 0 Å². The van der Waals surface area contributed by atoms with E-state index in [0.717, 1.165) is 25.7 Å². The maximum Gasteiger partial charge on any atom is 0.335 e. The van der Waals surface area contributed by atoms with Gasteiger partial charge in [0.05, 0.1) is 11.7 Å². The summed E-state index contributed by atoms with van der Waals surface area (Å²) in [6.07, 6.45) is 5.32. The van der Waals surface area contributed by atoms with Gasteiger partial charge in [-0.3, -0.25) is 0 Å². The molecule has 1 fully saturated rings. The Bertz CT molecular complexity index is 422. The van der Waals surface area contributed by atoms with Crippen molar-refractivity contribution in [1.82, 2.24) is 4.98 Å². The van der Waals surface area contributed by atoms with Crippen LogP contribution in [0, 0.1) is 5.92 Å². The summed E-state index contributed by atoms with van der Waals surface area (Å²) in [7, 11) is 0. The number of carboxylic acids is 1. The van der Waals surface area contributed by atoms with Crippen molar-refractivity contribution in [3.8, 4) is 0 Å². The minimum absolute atomic E-state index is 0.219. The van der Waals surface area contributed by atoms with Crippen LogP contribution < -0.4 is 5.32 Å². The van der Waals surface area contributed by atoms with Gasteiger partial charge in [-0.1, -0.05) is 12.8 Å². The standard InChI is InChI=1S/C13H18N2O3/c16-11-4-2-1-3-10(11)8-15-12-7-9(13(17)18)5-6-14-12/h5-7,10-11,16H,1-4,8H2,(H,14,15)(H,17,18). The molecule has 5 heteroatoms. The van der Waals surface area contributed by atoms with E-state index in [9.17, 15) is 9.90 Å². The molecule has 5 nitrogen and oxygen atoms in total.